The average molecular weight is 204 g/mol. The summed E-state index contributed by atoms with van der Waals surface area (Å²) in [7, 11) is 0. The molecule has 1 aromatic carbocycles. The van der Waals surface area contributed by atoms with Gasteiger partial charge in [-0.25, -0.2) is 0 Å². The summed E-state index contributed by atoms with van der Waals surface area (Å²) < 4.78 is 0. The summed E-state index contributed by atoms with van der Waals surface area (Å²) in [6.45, 7) is 11.7. The van der Waals surface area contributed by atoms with E-state index in [1.54, 1.807) is 0 Å². The molecule has 0 radical (unpaired) electrons. The molecule has 84 valence electrons. The molecule has 0 fully saturated rings. The highest BCUT2D eigenvalue weighted by molar-refractivity contribution is 5.19. The SMILES string of the molecule is CC(C)C(C)C(C)C(C)c1ccccc1. The highest BCUT2D eigenvalue weighted by atomic mass is 14.3. The van der Waals surface area contributed by atoms with Gasteiger partial charge in [-0.2, -0.15) is 0 Å². The van der Waals surface area contributed by atoms with Crippen molar-refractivity contribution in [3.05, 3.63) is 35.9 Å². The van der Waals surface area contributed by atoms with E-state index in [0.29, 0.717) is 5.92 Å². The molecule has 1 aromatic rings. The molecule has 0 saturated heterocycles. The van der Waals surface area contributed by atoms with Crippen molar-refractivity contribution in [2.45, 2.75) is 40.5 Å². The number of rotatable bonds is 4. The van der Waals surface area contributed by atoms with Crippen molar-refractivity contribution in [3.8, 4) is 0 Å². The second-order valence-corrected chi connectivity index (χ2v) is 5.16. The summed E-state index contributed by atoms with van der Waals surface area (Å²) >= 11 is 0. The Morgan fingerprint density at radius 1 is 0.733 bits per heavy atom. The fourth-order valence-electron chi connectivity index (χ4n) is 2.12. The summed E-state index contributed by atoms with van der Waals surface area (Å²) in [5, 5.41) is 0. The van der Waals surface area contributed by atoms with Crippen LogP contribution in [0.2, 0.25) is 0 Å². The monoisotopic (exact) mass is 204 g/mol. The maximum Gasteiger partial charge on any atom is -0.0162 e. The van der Waals surface area contributed by atoms with Crippen LogP contribution in [0.1, 0.15) is 46.1 Å². The van der Waals surface area contributed by atoms with Crippen LogP contribution in [0, 0.1) is 17.8 Å². The Morgan fingerprint density at radius 3 is 1.73 bits per heavy atom. The van der Waals surface area contributed by atoms with Crippen LogP contribution in [0.3, 0.4) is 0 Å². The minimum atomic E-state index is 0.656. The highest BCUT2D eigenvalue weighted by Gasteiger charge is 2.22. The third kappa shape index (κ3) is 3.09. The minimum Gasteiger partial charge on any atom is -0.0625 e. The van der Waals surface area contributed by atoms with Gasteiger partial charge < -0.3 is 0 Å². The molecule has 0 spiro atoms. The van der Waals surface area contributed by atoms with Crippen molar-refractivity contribution in [2.24, 2.45) is 17.8 Å². The lowest BCUT2D eigenvalue weighted by atomic mass is 9.76. The Kier molecular flexibility index (Phi) is 4.38. The molecule has 15 heavy (non-hydrogen) atoms. The number of benzene rings is 1. The maximum atomic E-state index is 2.38. The van der Waals surface area contributed by atoms with Crippen LogP contribution in [0.5, 0.6) is 0 Å². The van der Waals surface area contributed by atoms with Gasteiger partial charge in [-0.3, -0.25) is 0 Å². The lowest BCUT2D eigenvalue weighted by molar-refractivity contribution is 0.264. The Morgan fingerprint density at radius 2 is 1.27 bits per heavy atom. The first-order valence-corrected chi connectivity index (χ1v) is 6.09. The van der Waals surface area contributed by atoms with E-state index in [9.17, 15) is 0 Å². The van der Waals surface area contributed by atoms with Crippen molar-refractivity contribution in [1.29, 1.82) is 0 Å². The van der Waals surface area contributed by atoms with E-state index < -0.39 is 0 Å². The fraction of sp³-hybridized carbons (Fsp3) is 0.600. The van der Waals surface area contributed by atoms with Crippen molar-refractivity contribution >= 4 is 0 Å². The molecular weight excluding hydrogens is 180 g/mol. The maximum absolute atomic E-state index is 2.38. The first-order valence-electron chi connectivity index (χ1n) is 6.09. The standard InChI is InChI=1S/C15H24/c1-11(2)12(3)13(4)14(5)15-9-7-6-8-10-15/h6-14H,1-5H3. The van der Waals surface area contributed by atoms with E-state index >= 15 is 0 Å². The third-order valence-electron chi connectivity index (χ3n) is 3.99. The number of hydrogen-bond acceptors (Lipinski definition) is 0. The van der Waals surface area contributed by atoms with Crippen molar-refractivity contribution < 1.29 is 0 Å². The average Bonchev–Trinajstić information content (AvgIpc) is 2.27. The van der Waals surface area contributed by atoms with Crippen LogP contribution in [0.15, 0.2) is 30.3 Å². The summed E-state index contributed by atoms with van der Waals surface area (Å²) in [6.07, 6.45) is 0. The van der Waals surface area contributed by atoms with Crippen LogP contribution in [0.4, 0.5) is 0 Å². The zero-order valence-electron chi connectivity index (χ0n) is 10.7. The van der Waals surface area contributed by atoms with Gasteiger partial charge in [0.2, 0.25) is 0 Å². The molecule has 0 aromatic heterocycles. The normalized spacial score (nSPS) is 17.5. The predicted molar refractivity (Wildman–Crippen MR) is 68.0 cm³/mol. The Bertz CT molecular complexity index is 273. The zero-order valence-corrected chi connectivity index (χ0v) is 10.7. The molecule has 0 aliphatic carbocycles. The quantitative estimate of drug-likeness (QED) is 0.666. The van der Waals surface area contributed by atoms with Gasteiger partial charge in [0.1, 0.15) is 0 Å². The van der Waals surface area contributed by atoms with Crippen LogP contribution in [-0.2, 0) is 0 Å². The van der Waals surface area contributed by atoms with Crippen LogP contribution < -0.4 is 0 Å². The summed E-state index contributed by atoms with van der Waals surface area (Å²) in [4.78, 5) is 0. The molecule has 0 saturated carbocycles. The summed E-state index contributed by atoms with van der Waals surface area (Å²) in [5.74, 6) is 2.95. The molecule has 1 rings (SSSR count). The molecule has 0 aliphatic heterocycles. The van der Waals surface area contributed by atoms with Crippen molar-refractivity contribution in [1.82, 2.24) is 0 Å². The predicted octanol–water partition coefficient (Wildman–Crippen LogP) is 4.72. The molecule has 0 bridgehead atoms. The Hall–Kier alpha value is -0.780. The van der Waals surface area contributed by atoms with Crippen LogP contribution in [0.25, 0.3) is 0 Å². The number of hydrogen-bond donors (Lipinski definition) is 0. The smallest absolute Gasteiger partial charge is 0.0162 e. The highest BCUT2D eigenvalue weighted by Crippen LogP contribution is 2.32. The van der Waals surface area contributed by atoms with E-state index in [-0.39, 0.29) is 0 Å². The second kappa shape index (κ2) is 5.34. The first-order chi connectivity index (χ1) is 7.04. The largest absolute Gasteiger partial charge is 0.0625 e. The van der Waals surface area contributed by atoms with E-state index in [1.165, 1.54) is 5.56 Å². The lowest BCUT2D eigenvalue weighted by Gasteiger charge is -2.29. The van der Waals surface area contributed by atoms with Crippen LogP contribution >= 0.6 is 0 Å². The molecule has 0 heteroatoms. The van der Waals surface area contributed by atoms with E-state index in [0.717, 1.165) is 17.8 Å². The topological polar surface area (TPSA) is 0 Å². The zero-order chi connectivity index (χ0) is 11.4. The summed E-state index contributed by atoms with van der Waals surface area (Å²) in [6, 6.07) is 10.9. The second-order valence-electron chi connectivity index (χ2n) is 5.16. The minimum absolute atomic E-state index is 0.656. The fourth-order valence-corrected chi connectivity index (χ4v) is 2.12. The molecular formula is C15H24. The molecule has 0 amide bonds. The molecule has 3 unspecified atom stereocenters. The van der Waals surface area contributed by atoms with Gasteiger partial charge in [-0.05, 0) is 29.2 Å². The van der Waals surface area contributed by atoms with Gasteiger partial charge in [-0.1, -0.05) is 65.0 Å². The van der Waals surface area contributed by atoms with Gasteiger partial charge in [0.25, 0.3) is 0 Å². The van der Waals surface area contributed by atoms with Crippen molar-refractivity contribution in [3.63, 3.8) is 0 Å². The van der Waals surface area contributed by atoms with Gasteiger partial charge in [0, 0.05) is 0 Å². The lowest BCUT2D eigenvalue weighted by Crippen LogP contribution is -2.19. The van der Waals surface area contributed by atoms with Crippen LogP contribution in [-0.4, -0.2) is 0 Å². The molecule has 0 nitrogen and oxygen atoms in total. The third-order valence-corrected chi connectivity index (χ3v) is 3.99. The van der Waals surface area contributed by atoms with Gasteiger partial charge >= 0.3 is 0 Å². The van der Waals surface area contributed by atoms with Crippen molar-refractivity contribution in [2.75, 3.05) is 0 Å². The molecule has 0 aliphatic rings. The van der Waals surface area contributed by atoms with Gasteiger partial charge in [0.05, 0.1) is 0 Å². The Labute approximate surface area is 94.7 Å². The Balaban J connectivity index is 2.73. The van der Waals surface area contributed by atoms with E-state index in [1.807, 2.05) is 0 Å². The molecule has 3 atom stereocenters. The van der Waals surface area contributed by atoms with E-state index in [2.05, 4.69) is 65.0 Å². The van der Waals surface area contributed by atoms with Gasteiger partial charge in [0.15, 0.2) is 0 Å². The van der Waals surface area contributed by atoms with E-state index in [4.69, 9.17) is 0 Å². The summed E-state index contributed by atoms with van der Waals surface area (Å²) in [5.41, 5.74) is 1.47. The molecule has 0 N–H and O–H groups in total. The first kappa shape index (κ1) is 12.3. The molecule has 0 heterocycles. The van der Waals surface area contributed by atoms with Gasteiger partial charge in [-0.15, -0.1) is 0 Å².